The summed E-state index contributed by atoms with van der Waals surface area (Å²) in [4.78, 5) is 0. The topological polar surface area (TPSA) is 70.5 Å². The fourth-order valence-corrected chi connectivity index (χ4v) is 3.16. The van der Waals surface area contributed by atoms with Crippen LogP contribution >= 0.6 is 0 Å². The zero-order valence-electron chi connectivity index (χ0n) is 15.7. The molecule has 136 valence electrons. The van der Waals surface area contributed by atoms with E-state index in [1.165, 1.54) is 0 Å². The molecule has 0 aromatic heterocycles. The van der Waals surface area contributed by atoms with Crippen molar-refractivity contribution in [1.82, 2.24) is 0 Å². The molecule has 0 saturated carbocycles. The maximum absolute atomic E-state index is 7.01. The Labute approximate surface area is 151 Å². The van der Waals surface area contributed by atoms with Crippen molar-refractivity contribution >= 4 is 0 Å². The molecule has 0 radical (unpaired) electrons. The Morgan fingerprint density at radius 1 is 1.12 bits per heavy atom. The van der Waals surface area contributed by atoms with Crippen molar-refractivity contribution in [3.8, 4) is 5.75 Å². The molecule has 0 fully saturated rings. The van der Waals surface area contributed by atoms with Crippen LogP contribution in [0.3, 0.4) is 0 Å². The van der Waals surface area contributed by atoms with Crippen LogP contribution in [-0.2, 0) is 10.3 Å². The van der Waals surface area contributed by atoms with Gasteiger partial charge in [0.05, 0.1) is 25.5 Å². The van der Waals surface area contributed by atoms with Gasteiger partial charge in [0.1, 0.15) is 5.75 Å². The van der Waals surface area contributed by atoms with Crippen LogP contribution in [0.1, 0.15) is 32.3 Å². The highest BCUT2D eigenvalue weighted by Crippen LogP contribution is 2.36. The van der Waals surface area contributed by atoms with E-state index in [0.29, 0.717) is 0 Å². The van der Waals surface area contributed by atoms with E-state index in [9.17, 15) is 0 Å². The van der Waals surface area contributed by atoms with Crippen molar-refractivity contribution in [2.75, 3.05) is 14.2 Å². The number of rotatable bonds is 7. The molecule has 2 rings (SSSR count). The average molecular weight is 342 g/mol. The van der Waals surface area contributed by atoms with Gasteiger partial charge in [-0.1, -0.05) is 50.6 Å². The third kappa shape index (κ3) is 3.97. The minimum absolute atomic E-state index is 0.223. The Balaban J connectivity index is 2.55. The molecule has 0 aliphatic heterocycles. The fourth-order valence-electron chi connectivity index (χ4n) is 3.16. The number of benzene rings is 1. The lowest BCUT2D eigenvalue weighted by Crippen LogP contribution is -2.56. The summed E-state index contributed by atoms with van der Waals surface area (Å²) in [5, 5.41) is 0. The van der Waals surface area contributed by atoms with Crippen LogP contribution in [0.5, 0.6) is 5.75 Å². The van der Waals surface area contributed by atoms with Gasteiger partial charge in [-0.05, 0) is 35.3 Å². The third-order valence-corrected chi connectivity index (χ3v) is 5.16. The van der Waals surface area contributed by atoms with Gasteiger partial charge >= 0.3 is 0 Å². The molecule has 0 bridgehead atoms. The number of hydrogen-bond acceptors (Lipinski definition) is 4. The first-order valence-electron chi connectivity index (χ1n) is 8.78. The smallest absolute Gasteiger partial charge is 0.118 e. The van der Waals surface area contributed by atoms with Gasteiger partial charge in [-0.3, -0.25) is 0 Å². The molecular formula is C21H30N2O2. The Morgan fingerprint density at radius 3 is 2.36 bits per heavy atom. The molecule has 3 unspecified atom stereocenters. The van der Waals surface area contributed by atoms with E-state index in [0.717, 1.165) is 35.5 Å². The minimum atomic E-state index is -0.794. The van der Waals surface area contributed by atoms with Gasteiger partial charge in [-0.2, -0.15) is 0 Å². The summed E-state index contributed by atoms with van der Waals surface area (Å²) in [7, 11) is 3.34. The van der Waals surface area contributed by atoms with Crippen molar-refractivity contribution in [2.45, 2.75) is 38.3 Å². The van der Waals surface area contributed by atoms with Crippen LogP contribution in [-0.4, -0.2) is 20.3 Å². The molecule has 0 saturated heterocycles. The predicted octanol–water partition coefficient (Wildman–Crippen LogP) is 3.64. The highest BCUT2D eigenvalue weighted by Gasteiger charge is 2.39. The second-order valence-corrected chi connectivity index (χ2v) is 6.57. The van der Waals surface area contributed by atoms with Crippen molar-refractivity contribution < 1.29 is 9.47 Å². The monoisotopic (exact) mass is 342 g/mol. The molecule has 0 heterocycles. The van der Waals surface area contributed by atoms with E-state index in [4.69, 9.17) is 20.9 Å². The first-order valence-corrected chi connectivity index (χ1v) is 8.78. The summed E-state index contributed by atoms with van der Waals surface area (Å²) in [6.07, 6.45) is 9.84. The Morgan fingerprint density at radius 2 is 1.80 bits per heavy atom. The molecule has 4 N–H and O–H groups in total. The molecule has 1 aliphatic rings. The molecule has 4 heteroatoms. The van der Waals surface area contributed by atoms with Crippen LogP contribution in [0.2, 0.25) is 0 Å². The lowest BCUT2D eigenvalue weighted by Gasteiger charge is -2.40. The normalized spacial score (nSPS) is 19.1. The summed E-state index contributed by atoms with van der Waals surface area (Å²) in [5.74, 6) is 1.98. The summed E-state index contributed by atoms with van der Waals surface area (Å²) < 4.78 is 10.7. The van der Waals surface area contributed by atoms with Gasteiger partial charge in [-0.15, -0.1) is 0 Å². The van der Waals surface area contributed by atoms with E-state index < -0.39 is 5.54 Å². The van der Waals surface area contributed by atoms with Crippen LogP contribution in [0.4, 0.5) is 0 Å². The molecule has 4 nitrogen and oxygen atoms in total. The summed E-state index contributed by atoms with van der Waals surface area (Å²) >= 11 is 0. The van der Waals surface area contributed by atoms with Crippen LogP contribution in [0, 0.1) is 5.92 Å². The number of allylic oxidation sites excluding steroid dienone is 3. The van der Waals surface area contributed by atoms with E-state index in [-0.39, 0.29) is 12.0 Å². The van der Waals surface area contributed by atoms with Crippen LogP contribution in [0.25, 0.3) is 0 Å². The number of methoxy groups -OCH3 is 2. The second-order valence-electron chi connectivity index (χ2n) is 6.57. The van der Waals surface area contributed by atoms with Crippen LogP contribution in [0.15, 0.2) is 59.9 Å². The lowest BCUT2D eigenvalue weighted by molar-refractivity contribution is 0.285. The molecule has 0 spiro atoms. The quantitative estimate of drug-likeness (QED) is 0.794. The zero-order chi connectivity index (χ0) is 18.4. The van der Waals surface area contributed by atoms with E-state index in [1.807, 2.05) is 36.4 Å². The van der Waals surface area contributed by atoms with Crippen molar-refractivity contribution in [2.24, 2.45) is 17.4 Å². The van der Waals surface area contributed by atoms with Gasteiger partial charge < -0.3 is 20.9 Å². The zero-order valence-corrected chi connectivity index (χ0v) is 15.7. The number of ether oxygens (including phenoxy) is 2. The van der Waals surface area contributed by atoms with E-state index >= 15 is 0 Å². The second kappa shape index (κ2) is 8.37. The standard InChI is InChI=1S/C21H30N2O2/c1-5-15(2)20(22)21(23,17-10-13-19(25-4)14-11-17)16-7-6-8-18(24-3)12-9-16/h6-7,9-15,20H,5,8,22-23H2,1-4H3. The Hall–Kier alpha value is -2.04. The van der Waals surface area contributed by atoms with Crippen molar-refractivity contribution in [3.63, 3.8) is 0 Å². The molecule has 1 aromatic rings. The van der Waals surface area contributed by atoms with Gasteiger partial charge in [-0.25, -0.2) is 0 Å². The molecule has 3 atom stereocenters. The maximum atomic E-state index is 7.01. The highest BCUT2D eigenvalue weighted by atomic mass is 16.5. The summed E-state index contributed by atoms with van der Waals surface area (Å²) in [6, 6.07) is 7.64. The van der Waals surface area contributed by atoms with Gasteiger partial charge in [0.15, 0.2) is 0 Å². The largest absolute Gasteiger partial charge is 0.501 e. The minimum Gasteiger partial charge on any atom is -0.501 e. The molecule has 25 heavy (non-hydrogen) atoms. The number of nitrogens with two attached hydrogens (primary N) is 2. The number of hydrogen-bond donors (Lipinski definition) is 2. The van der Waals surface area contributed by atoms with Crippen molar-refractivity contribution in [1.29, 1.82) is 0 Å². The molecule has 0 amide bonds. The maximum Gasteiger partial charge on any atom is 0.118 e. The van der Waals surface area contributed by atoms with Gasteiger partial charge in [0.2, 0.25) is 0 Å². The van der Waals surface area contributed by atoms with Crippen LogP contribution < -0.4 is 16.2 Å². The average Bonchev–Trinajstić information content (AvgIpc) is 2.92. The highest BCUT2D eigenvalue weighted by molar-refractivity contribution is 5.47. The molecule has 1 aromatic carbocycles. The Kier molecular flexibility index (Phi) is 6.45. The Bertz CT molecular complexity index is 661. The molecule has 1 aliphatic carbocycles. The third-order valence-electron chi connectivity index (χ3n) is 5.16. The van der Waals surface area contributed by atoms with Gasteiger partial charge in [0, 0.05) is 12.5 Å². The first-order chi connectivity index (χ1) is 12.0. The van der Waals surface area contributed by atoms with E-state index in [2.05, 4.69) is 26.0 Å². The van der Waals surface area contributed by atoms with Gasteiger partial charge in [0.25, 0.3) is 0 Å². The van der Waals surface area contributed by atoms with Crippen molar-refractivity contribution in [3.05, 3.63) is 65.5 Å². The summed E-state index contributed by atoms with van der Waals surface area (Å²) in [5.41, 5.74) is 14.8. The summed E-state index contributed by atoms with van der Waals surface area (Å²) in [6.45, 7) is 4.28. The lowest BCUT2D eigenvalue weighted by atomic mass is 9.72. The molecular weight excluding hydrogens is 312 g/mol. The SMILES string of the molecule is CCC(C)C(N)C(N)(C1=CC=C(OC)CC=C1)c1ccc(OC)cc1. The first kappa shape index (κ1) is 19.3. The fraction of sp³-hybridized carbons (Fsp3) is 0.429. The predicted molar refractivity (Wildman–Crippen MR) is 103 cm³/mol. The van der Waals surface area contributed by atoms with E-state index in [1.54, 1.807) is 14.2 Å².